The van der Waals surface area contributed by atoms with Gasteiger partial charge in [-0.1, -0.05) is 18.2 Å². The van der Waals surface area contributed by atoms with Gasteiger partial charge in [0, 0.05) is 31.7 Å². The van der Waals surface area contributed by atoms with E-state index in [2.05, 4.69) is 17.4 Å². The van der Waals surface area contributed by atoms with E-state index >= 15 is 0 Å². The molecule has 1 unspecified atom stereocenters. The molecule has 1 atom stereocenters. The number of anilines is 1. The Labute approximate surface area is 113 Å². The molecule has 0 radical (unpaired) electrons. The van der Waals surface area contributed by atoms with Gasteiger partial charge in [0.05, 0.1) is 6.10 Å². The van der Waals surface area contributed by atoms with Crippen molar-refractivity contribution in [3.8, 4) is 0 Å². The van der Waals surface area contributed by atoms with Crippen LogP contribution in [0.15, 0.2) is 24.3 Å². The van der Waals surface area contributed by atoms with Gasteiger partial charge in [-0.15, -0.1) is 0 Å². The lowest BCUT2D eigenvalue weighted by Gasteiger charge is -2.27. The molecule has 0 saturated heterocycles. The Bertz CT molecular complexity index is 471. The molecule has 0 aromatic heterocycles. The lowest BCUT2D eigenvalue weighted by molar-refractivity contribution is -0.137. The first-order valence-electron chi connectivity index (χ1n) is 6.93. The minimum Gasteiger partial charge on any atom is -0.382 e. The van der Waals surface area contributed by atoms with Crippen LogP contribution in [0.1, 0.15) is 18.4 Å². The summed E-state index contributed by atoms with van der Waals surface area (Å²) in [7, 11) is 1.87. The third-order valence-electron chi connectivity index (χ3n) is 3.92. The summed E-state index contributed by atoms with van der Waals surface area (Å²) in [5.41, 5.74) is 2.45. The van der Waals surface area contributed by atoms with E-state index in [0.717, 1.165) is 25.8 Å². The van der Waals surface area contributed by atoms with E-state index in [1.165, 1.54) is 11.3 Å². The van der Waals surface area contributed by atoms with Crippen LogP contribution in [0.25, 0.3) is 0 Å². The molecular weight excluding hydrogens is 240 g/mol. The van der Waals surface area contributed by atoms with Crippen molar-refractivity contribution in [2.45, 2.75) is 31.4 Å². The maximum absolute atomic E-state index is 11.9. The van der Waals surface area contributed by atoms with Gasteiger partial charge < -0.3 is 15.0 Å². The predicted molar refractivity (Wildman–Crippen MR) is 74.2 cm³/mol. The van der Waals surface area contributed by atoms with Crippen LogP contribution in [0.4, 0.5) is 5.69 Å². The molecule has 1 amide bonds. The topological polar surface area (TPSA) is 41.6 Å². The van der Waals surface area contributed by atoms with Crippen LogP contribution in [0, 0.1) is 0 Å². The first-order chi connectivity index (χ1) is 9.24. The minimum absolute atomic E-state index is 0.0893. The Morgan fingerprint density at radius 3 is 3.00 bits per heavy atom. The molecule has 1 saturated carbocycles. The number of carbonyl (C=O) groups excluding carboxylic acids is 1. The predicted octanol–water partition coefficient (Wildman–Crippen LogP) is 1.66. The highest BCUT2D eigenvalue weighted by Crippen LogP contribution is 2.26. The maximum Gasteiger partial charge on any atom is 0.248 e. The second kappa shape index (κ2) is 5.21. The quantitative estimate of drug-likeness (QED) is 0.895. The highest BCUT2D eigenvalue weighted by molar-refractivity contribution is 5.77. The van der Waals surface area contributed by atoms with Crippen LogP contribution in [-0.4, -0.2) is 43.2 Å². The summed E-state index contributed by atoms with van der Waals surface area (Å²) in [5.74, 6) is 0.0985. The summed E-state index contributed by atoms with van der Waals surface area (Å²) in [6.45, 7) is 0.971. The van der Waals surface area contributed by atoms with Crippen molar-refractivity contribution in [1.82, 2.24) is 4.90 Å². The highest BCUT2D eigenvalue weighted by atomic mass is 16.5. The summed E-state index contributed by atoms with van der Waals surface area (Å²) in [5, 5.41) is 3.35. The van der Waals surface area contributed by atoms with Gasteiger partial charge in [0.1, 0.15) is 6.61 Å². The number of ether oxygens (including phenoxy) is 1. The Hall–Kier alpha value is -1.55. The summed E-state index contributed by atoms with van der Waals surface area (Å²) < 4.78 is 5.75. The average Bonchev–Trinajstić information content (AvgIpc) is 3.28. The zero-order valence-corrected chi connectivity index (χ0v) is 11.3. The maximum atomic E-state index is 11.9. The molecule has 1 heterocycles. The molecule has 102 valence electrons. The van der Waals surface area contributed by atoms with Crippen LogP contribution in [0.5, 0.6) is 0 Å². The Morgan fingerprint density at radius 2 is 2.21 bits per heavy atom. The van der Waals surface area contributed by atoms with E-state index < -0.39 is 0 Å². The van der Waals surface area contributed by atoms with E-state index in [-0.39, 0.29) is 18.6 Å². The highest BCUT2D eigenvalue weighted by Gasteiger charge is 2.30. The first-order valence-corrected chi connectivity index (χ1v) is 6.93. The van der Waals surface area contributed by atoms with Gasteiger partial charge in [-0.3, -0.25) is 4.79 Å². The van der Waals surface area contributed by atoms with Crippen molar-refractivity contribution in [3.05, 3.63) is 29.8 Å². The smallest absolute Gasteiger partial charge is 0.248 e. The normalized spacial score (nSPS) is 21.4. The molecule has 4 heteroatoms. The standard InChI is InChI=1S/C15H20N2O2/c1-17(12-6-7-12)15(18)10-19-13-8-11-4-2-3-5-14(11)16-9-13/h2-5,12-13,16H,6-10H2,1H3. The molecule has 1 fully saturated rings. The molecule has 19 heavy (non-hydrogen) atoms. The molecule has 1 aliphatic heterocycles. The van der Waals surface area contributed by atoms with Crippen molar-refractivity contribution >= 4 is 11.6 Å². The van der Waals surface area contributed by atoms with Gasteiger partial charge in [-0.25, -0.2) is 0 Å². The van der Waals surface area contributed by atoms with Crippen molar-refractivity contribution in [2.75, 3.05) is 25.5 Å². The summed E-state index contributed by atoms with van der Waals surface area (Å²) >= 11 is 0. The molecule has 1 N–H and O–H groups in total. The van der Waals surface area contributed by atoms with Gasteiger partial charge in [0.2, 0.25) is 5.91 Å². The second-order valence-electron chi connectivity index (χ2n) is 5.41. The molecule has 2 aliphatic rings. The number of nitrogens with one attached hydrogen (secondary N) is 1. The van der Waals surface area contributed by atoms with Crippen LogP contribution >= 0.6 is 0 Å². The fraction of sp³-hybridized carbons (Fsp3) is 0.533. The number of rotatable bonds is 4. The summed E-state index contributed by atoms with van der Waals surface area (Å²) in [6.07, 6.45) is 3.25. The summed E-state index contributed by atoms with van der Waals surface area (Å²) in [4.78, 5) is 13.7. The monoisotopic (exact) mass is 260 g/mol. The van der Waals surface area contributed by atoms with Gasteiger partial charge >= 0.3 is 0 Å². The SMILES string of the molecule is CN(C(=O)COC1CNc2ccccc2C1)C1CC1. The molecule has 3 rings (SSSR count). The first kappa shape index (κ1) is 12.5. The fourth-order valence-electron chi connectivity index (χ4n) is 2.49. The van der Waals surface area contributed by atoms with E-state index in [1.807, 2.05) is 24.1 Å². The number of hydrogen-bond acceptors (Lipinski definition) is 3. The third-order valence-corrected chi connectivity index (χ3v) is 3.92. The lowest BCUT2D eigenvalue weighted by atomic mass is 10.0. The van der Waals surface area contributed by atoms with Gasteiger partial charge in [-0.2, -0.15) is 0 Å². The lowest BCUT2D eigenvalue weighted by Crippen LogP contribution is -2.37. The van der Waals surface area contributed by atoms with E-state index in [1.54, 1.807) is 0 Å². The Kier molecular flexibility index (Phi) is 3.42. The van der Waals surface area contributed by atoms with Crippen molar-refractivity contribution in [3.63, 3.8) is 0 Å². The number of nitrogens with zero attached hydrogens (tertiary/aromatic N) is 1. The molecular formula is C15H20N2O2. The second-order valence-corrected chi connectivity index (χ2v) is 5.41. The van der Waals surface area contributed by atoms with E-state index in [0.29, 0.717) is 6.04 Å². The van der Waals surface area contributed by atoms with Crippen LogP contribution < -0.4 is 5.32 Å². The molecule has 0 bridgehead atoms. The molecule has 0 spiro atoms. The van der Waals surface area contributed by atoms with Crippen LogP contribution in [0.3, 0.4) is 0 Å². The molecule has 1 aromatic rings. The summed E-state index contributed by atoms with van der Waals surface area (Å²) in [6, 6.07) is 8.71. The van der Waals surface area contributed by atoms with Crippen molar-refractivity contribution in [1.29, 1.82) is 0 Å². The fourth-order valence-corrected chi connectivity index (χ4v) is 2.49. The zero-order valence-electron chi connectivity index (χ0n) is 11.3. The third kappa shape index (κ3) is 2.89. The average molecular weight is 260 g/mol. The van der Waals surface area contributed by atoms with Gasteiger partial charge in [0.25, 0.3) is 0 Å². The largest absolute Gasteiger partial charge is 0.382 e. The Morgan fingerprint density at radius 1 is 1.42 bits per heavy atom. The molecule has 1 aromatic carbocycles. The zero-order chi connectivity index (χ0) is 13.2. The minimum atomic E-state index is 0.0893. The van der Waals surface area contributed by atoms with Crippen LogP contribution in [-0.2, 0) is 16.0 Å². The number of amides is 1. The number of benzene rings is 1. The molecule has 4 nitrogen and oxygen atoms in total. The number of fused-ring (bicyclic) bond motifs is 1. The number of hydrogen-bond donors (Lipinski definition) is 1. The van der Waals surface area contributed by atoms with Gasteiger partial charge in [0.15, 0.2) is 0 Å². The number of likely N-dealkylation sites (N-methyl/N-ethyl adjacent to an activating group) is 1. The van der Waals surface area contributed by atoms with E-state index in [4.69, 9.17) is 4.74 Å². The van der Waals surface area contributed by atoms with E-state index in [9.17, 15) is 4.79 Å². The van der Waals surface area contributed by atoms with Crippen molar-refractivity contribution in [2.24, 2.45) is 0 Å². The number of para-hydroxylation sites is 1. The Balaban J connectivity index is 1.50. The van der Waals surface area contributed by atoms with Gasteiger partial charge in [-0.05, 0) is 24.5 Å². The van der Waals surface area contributed by atoms with Crippen molar-refractivity contribution < 1.29 is 9.53 Å². The van der Waals surface area contributed by atoms with Crippen LogP contribution in [0.2, 0.25) is 0 Å². The molecule has 1 aliphatic carbocycles. The number of carbonyl (C=O) groups is 1.